The van der Waals surface area contributed by atoms with E-state index >= 15 is 0 Å². The van der Waals surface area contributed by atoms with Crippen molar-refractivity contribution in [1.82, 2.24) is 0 Å². The average Bonchev–Trinajstić information content (AvgIpc) is 2.42. The van der Waals surface area contributed by atoms with E-state index in [0.29, 0.717) is 17.9 Å². The first-order valence-corrected chi connectivity index (χ1v) is 7.37. The van der Waals surface area contributed by atoms with Crippen molar-refractivity contribution in [2.24, 2.45) is 0 Å². The zero-order valence-electron chi connectivity index (χ0n) is 10.9. The highest BCUT2D eigenvalue weighted by Gasteiger charge is 2.11. The molecule has 0 unspecified atom stereocenters. The van der Waals surface area contributed by atoms with Gasteiger partial charge in [-0.05, 0) is 53.2 Å². The molecule has 5 heteroatoms. The van der Waals surface area contributed by atoms with Gasteiger partial charge in [0, 0.05) is 21.1 Å². The number of thiol groups is 1. The Morgan fingerprint density at radius 1 is 1.30 bits per heavy atom. The molecule has 0 atom stereocenters. The second kappa shape index (κ2) is 6.81. The second-order valence-electron chi connectivity index (χ2n) is 4.08. The highest BCUT2D eigenvalue weighted by Crippen LogP contribution is 2.23. The highest BCUT2D eigenvalue weighted by atomic mass is 79.9. The Bertz CT molecular complexity index is 631. The molecule has 2 aromatic carbocycles. The summed E-state index contributed by atoms with van der Waals surface area (Å²) in [7, 11) is 0. The van der Waals surface area contributed by atoms with Crippen LogP contribution < -0.4 is 10.1 Å². The molecule has 2 aromatic rings. The van der Waals surface area contributed by atoms with Crippen molar-refractivity contribution in [2.75, 3.05) is 11.9 Å². The Morgan fingerprint density at radius 2 is 2.10 bits per heavy atom. The van der Waals surface area contributed by atoms with Crippen LogP contribution in [0.15, 0.2) is 51.8 Å². The number of hydrogen-bond acceptors (Lipinski definition) is 3. The zero-order chi connectivity index (χ0) is 14.5. The van der Waals surface area contributed by atoms with Gasteiger partial charge in [0.05, 0.1) is 12.2 Å². The van der Waals surface area contributed by atoms with Crippen LogP contribution in [0.25, 0.3) is 0 Å². The number of carbonyl (C=O) groups is 1. The van der Waals surface area contributed by atoms with Crippen LogP contribution >= 0.6 is 28.6 Å². The fourth-order valence-electron chi connectivity index (χ4n) is 1.72. The molecule has 3 nitrogen and oxygen atoms in total. The SMILES string of the molecule is CCOc1cccc(NC(=O)c2cc(S)ccc2Br)c1. The summed E-state index contributed by atoms with van der Waals surface area (Å²) >= 11 is 7.61. The molecule has 0 aliphatic heterocycles. The fourth-order valence-corrected chi connectivity index (χ4v) is 2.35. The van der Waals surface area contributed by atoms with Crippen molar-refractivity contribution in [3.8, 4) is 5.75 Å². The summed E-state index contributed by atoms with van der Waals surface area (Å²) in [6.45, 7) is 2.51. The lowest BCUT2D eigenvalue weighted by atomic mass is 10.2. The topological polar surface area (TPSA) is 38.3 Å². The fraction of sp³-hybridized carbons (Fsp3) is 0.133. The second-order valence-corrected chi connectivity index (χ2v) is 5.45. The van der Waals surface area contributed by atoms with Gasteiger partial charge in [0.1, 0.15) is 5.75 Å². The predicted octanol–water partition coefficient (Wildman–Crippen LogP) is 4.39. The molecule has 1 amide bonds. The molecule has 20 heavy (non-hydrogen) atoms. The maximum atomic E-state index is 12.2. The van der Waals surface area contributed by atoms with E-state index in [0.717, 1.165) is 15.1 Å². The molecule has 0 saturated carbocycles. The van der Waals surface area contributed by atoms with Crippen molar-refractivity contribution in [3.63, 3.8) is 0 Å². The van der Waals surface area contributed by atoms with Crippen LogP contribution in [0.2, 0.25) is 0 Å². The van der Waals surface area contributed by atoms with Crippen molar-refractivity contribution in [3.05, 3.63) is 52.5 Å². The first-order chi connectivity index (χ1) is 9.60. The summed E-state index contributed by atoms with van der Waals surface area (Å²) < 4.78 is 6.13. The lowest BCUT2D eigenvalue weighted by Crippen LogP contribution is -2.12. The van der Waals surface area contributed by atoms with Gasteiger partial charge in [0.2, 0.25) is 0 Å². The van der Waals surface area contributed by atoms with Crippen molar-refractivity contribution in [2.45, 2.75) is 11.8 Å². The summed E-state index contributed by atoms with van der Waals surface area (Å²) in [6, 6.07) is 12.6. The third kappa shape index (κ3) is 3.77. The van der Waals surface area contributed by atoms with E-state index in [4.69, 9.17) is 4.74 Å². The van der Waals surface area contributed by atoms with E-state index < -0.39 is 0 Å². The van der Waals surface area contributed by atoms with Gasteiger partial charge in [-0.25, -0.2) is 0 Å². The molecule has 0 heterocycles. The van der Waals surface area contributed by atoms with Crippen LogP contribution in [-0.4, -0.2) is 12.5 Å². The van der Waals surface area contributed by atoms with Gasteiger partial charge in [0.15, 0.2) is 0 Å². The highest BCUT2D eigenvalue weighted by molar-refractivity contribution is 9.10. The molecular weight excluding hydrogens is 338 g/mol. The van der Waals surface area contributed by atoms with Gasteiger partial charge >= 0.3 is 0 Å². The number of rotatable bonds is 4. The van der Waals surface area contributed by atoms with Crippen LogP contribution in [0.5, 0.6) is 5.75 Å². The number of amides is 1. The van der Waals surface area contributed by atoms with Crippen molar-refractivity contribution < 1.29 is 9.53 Å². The molecule has 0 spiro atoms. The number of halogens is 1. The summed E-state index contributed by atoms with van der Waals surface area (Å²) in [5.41, 5.74) is 1.23. The first-order valence-electron chi connectivity index (χ1n) is 6.13. The van der Waals surface area contributed by atoms with E-state index in [1.165, 1.54) is 0 Å². The van der Waals surface area contributed by atoms with Gasteiger partial charge in [-0.1, -0.05) is 6.07 Å². The van der Waals surface area contributed by atoms with Crippen LogP contribution in [0, 0.1) is 0 Å². The Kier molecular flexibility index (Phi) is 5.09. The van der Waals surface area contributed by atoms with Crippen LogP contribution in [0.4, 0.5) is 5.69 Å². The summed E-state index contributed by atoms with van der Waals surface area (Å²) in [4.78, 5) is 13.0. The molecular formula is C15H14BrNO2S. The number of ether oxygens (including phenoxy) is 1. The quantitative estimate of drug-likeness (QED) is 0.801. The molecule has 0 fully saturated rings. The van der Waals surface area contributed by atoms with Crippen LogP contribution in [-0.2, 0) is 0 Å². The molecule has 104 valence electrons. The number of benzene rings is 2. The van der Waals surface area contributed by atoms with Gasteiger partial charge in [-0.15, -0.1) is 12.6 Å². The first kappa shape index (κ1) is 14.9. The standard InChI is InChI=1S/C15H14BrNO2S/c1-2-19-11-5-3-4-10(8-11)17-15(18)13-9-12(20)6-7-14(13)16/h3-9,20H,2H2,1H3,(H,17,18). The summed E-state index contributed by atoms with van der Waals surface area (Å²) in [5, 5.41) is 2.84. The van der Waals surface area contributed by atoms with E-state index in [1.807, 2.05) is 31.2 Å². The normalized spacial score (nSPS) is 10.2. The van der Waals surface area contributed by atoms with Gasteiger partial charge < -0.3 is 10.1 Å². The lowest BCUT2D eigenvalue weighted by Gasteiger charge is -2.09. The number of hydrogen-bond donors (Lipinski definition) is 2. The molecule has 0 aliphatic rings. The third-order valence-electron chi connectivity index (χ3n) is 2.60. The molecule has 0 bridgehead atoms. The minimum Gasteiger partial charge on any atom is -0.494 e. The van der Waals surface area contributed by atoms with E-state index in [2.05, 4.69) is 33.9 Å². The molecule has 0 saturated heterocycles. The molecule has 0 aromatic heterocycles. The molecule has 1 N–H and O–H groups in total. The van der Waals surface area contributed by atoms with E-state index in [1.54, 1.807) is 18.2 Å². The third-order valence-corrected chi connectivity index (χ3v) is 3.57. The Hall–Kier alpha value is -1.46. The van der Waals surface area contributed by atoms with Gasteiger partial charge in [0.25, 0.3) is 5.91 Å². The molecule has 0 radical (unpaired) electrons. The minimum absolute atomic E-state index is 0.193. The number of anilines is 1. The van der Waals surface area contributed by atoms with E-state index in [9.17, 15) is 4.79 Å². The minimum atomic E-state index is -0.193. The average molecular weight is 352 g/mol. The largest absolute Gasteiger partial charge is 0.494 e. The number of carbonyl (C=O) groups excluding carboxylic acids is 1. The number of nitrogens with one attached hydrogen (secondary N) is 1. The molecule has 0 aliphatic carbocycles. The summed E-state index contributed by atoms with van der Waals surface area (Å²) in [5.74, 6) is 0.536. The Morgan fingerprint density at radius 3 is 2.85 bits per heavy atom. The van der Waals surface area contributed by atoms with Gasteiger partial charge in [-0.3, -0.25) is 4.79 Å². The van der Waals surface area contributed by atoms with Crippen molar-refractivity contribution >= 4 is 40.2 Å². The van der Waals surface area contributed by atoms with E-state index in [-0.39, 0.29) is 5.91 Å². The van der Waals surface area contributed by atoms with Gasteiger partial charge in [-0.2, -0.15) is 0 Å². The predicted molar refractivity (Wildman–Crippen MR) is 87.0 cm³/mol. The Balaban J connectivity index is 2.19. The molecule has 2 rings (SSSR count). The van der Waals surface area contributed by atoms with Crippen LogP contribution in [0.3, 0.4) is 0 Å². The maximum Gasteiger partial charge on any atom is 0.256 e. The van der Waals surface area contributed by atoms with Crippen molar-refractivity contribution in [1.29, 1.82) is 0 Å². The monoisotopic (exact) mass is 351 g/mol. The lowest BCUT2D eigenvalue weighted by molar-refractivity contribution is 0.102. The van der Waals surface area contributed by atoms with Crippen LogP contribution in [0.1, 0.15) is 17.3 Å². The Labute approximate surface area is 131 Å². The summed E-state index contributed by atoms with van der Waals surface area (Å²) in [6.07, 6.45) is 0. The maximum absolute atomic E-state index is 12.2. The zero-order valence-corrected chi connectivity index (χ0v) is 13.4. The smallest absolute Gasteiger partial charge is 0.256 e.